The van der Waals surface area contributed by atoms with Crippen molar-refractivity contribution in [3.05, 3.63) is 28.2 Å². The van der Waals surface area contributed by atoms with E-state index >= 15 is 0 Å². The third-order valence-electron chi connectivity index (χ3n) is 2.47. The first-order valence-electron chi connectivity index (χ1n) is 4.69. The summed E-state index contributed by atoms with van der Waals surface area (Å²) in [7, 11) is 0. The van der Waals surface area contributed by atoms with Crippen molar-refractivity contribution in [3.8, 4) is 0 Å². The summed E-state index contributed by atoms with van der Waals surface area (Å²) < 4.78 is 62.4. The lowest BCUT2D eigenvalue weighted by Crippen LogP contribution is -2.56. The van der Waals surface area contributed by atoms with Crippen molar-refractivity contribution < 1.29 is 22.0 Å². The van der Waals surface area contributed by atoms with Crippen LogP contribution in [0.4, 0.5) is 27.6 Å². The van der Waals surface area contributed by atoms with Gasteiger partial charge in [-0.2, -0.15) is 13.2 Å². The maximum absolute atomic E-state index is 12.6. The summed E-state index contributed by atoms with van der Waals surface area (Å²) >= 11 is 2.80. The van der Waals surface area contributed by atoms with E-state index in [1.807, 2.05) is 0 Å². The van der Waals surface area contributed by atoms with E-state index in [0.717, 1.165) is 6.07 Å². The summed E-state index contributed by atoms with van der Waals surface area (Å²) in [6.45, 7) is -0.907. The molecule has 17 heavy (non-hydrogen) atoms. The van der Waals surface area contributed by atoms with Crippen LogP contribution in [0.2, 0.25) is 0 Å². The second-order valence-corrected chi connectivity index (χ2v) is 4.73. The average molecular weight is 316 g/mol. The second-order valence-electron chi connectivity index (χ2n) is 3.87. The average Bonchev–Trinajstić information content (AvgIpc) is 2.11. The molecule has 94 valence electrons. The Morgan fingerprint density at radius 3 is 2.18 bits per heavy atom. The normalized spacial score (nSPS) is 19.1. The topological polar surface area (TPSA) is 3.24 Å². The molecule has 1 nitrogen and oxygen atoms in total. The number of nitrogens with zero attached hydrogens (tertiary/aromatic N) is 1. The maximum Gasteiger partial charge on any atom is 0.417 e. The smallest absolute Gasteiger partial charge is 0.359 e. The molecule has 1 aromatic rings. The predicted octanol–water partition coefficient (Wildman–Crippen LogP) is 3.92. The zero-order valence-corrected chi connectivity index (χ0v) is 9.95. The van der Waals surface area contributed by atoms with Gasteiger partial charge in [-0.15, -0.1) is 0 Å². The number of benzene rings is 1. The number of rotatable bonds is 1. The molecule has 0 saturated carbocycles. The van der Waals surface area contributed by atoms with Gasteiger partial charge < -0.3 is 4.90 Å². The highest BCUT2D eigenvalue weighted by Gasteiger charge is 2.44. The maximum atomic E-state index is 12.6. The van der Waals surface area contributed by atoms with Crippen LogP contribution in [0.5, 0.6) is 0 Å². The fourth-order valence-corrected chi connectivity index (χ4v) is 2.22. The molecular weight excluding hydrogens is 309 g/mol. The highest BCUT2D eigenvalue weighted by atomic mass is 79.9. The second kappa shape index (κ2) is 3.83. The standard InChI is InChI=1S/C10H7BrF5N/c11-8-3-6(17-4-9(12,13)5-17)1-2-7(8)10(14,15)16/h1-3H,4-5H2. The quantitative estimate of drug-likeness (QED) is 0.710. The molecule has 0 radical (unpaired) electrons. The van der Waals surface area contributed by atoms with E-state index < -0.39 is 30.8 Å². The van der Waals surface area contributed by atoms with Crippen molar-refractivity contribution in [2.75, 3.05) is 18.0 Å². The molecule has 1 aliphatic heterocycles. The summed E-state index contributed by atoms with van der Waals surface area (Å²) in [6, 6.07) is 3.29. The Kier molecular flexibility index (Phi) is 2.84. The summed E-state index contributed by atoms with van der Waals surface area (Å²) in [5.74, 6) is -2.74. The Bertz CT molecular complexity index is 435. The number of halogens is 6. The molecule has 0 amide bonds. The lowest BCUT2D eigenvalue weighted by molar-refractivity contribution is -0.138. The van der Waals surface area contributed by atoms with Crippen molar-refractivity contribution >= 4 is 21.6 Å². The van der Waals surface area contributed by atoms with E-state index in [0.29, 0.717) is 5.69 Å². The molecule has 1 aromatic carbocycles. The molecule has 1 aliphatic rings. The Morgan fingerprint density at radius 1 is 1.18 bits per heavy atom. The molecule has 0 atom stereocenters. The van der Waals surface area contributed by atoms with Gasteiger partial charge in [0.15, 0.2) is 0 Å². The highest BCUT2D eigenvalue weighted by Crippen LogP contribution is 2.39. The Morgan fingerprint density at radius 2 is 1.76 bits per heavy atom. The van der Waals surface area contributed by atoms with Gasteiger partial charge in [-0.05, 0) is 18.2 Å². The lowest BCUT2D eigenvalue weighted by Gasteiger charge is -2.40. The van der Waals surface area contributed by atoms with Gasteiger partial charge in [0.2, 0.25) is 0 Å². The fraction of sp³-hybridized carbons (Fsp3) is 0.400. The summed E-state index contributed by atoms with van der Waals surface area (Å²) in [5, 5.41) is 0. The Hall–Kier alpha value is -0.850. The number of hydrogen-bond acceptors (Lipinski definition) is 1. The first kappa shape index (κ1) is 12.6. The molecule has 0 aliphatic carbocycles. The Labute approximate surface area is 102 Å². The van der Waals surface area contributed by atoms with Crippen molar-refractivity contribution in [2.24, 2.45) is 0 Å². The first-order chi connectivity index (χ1) is 7.69. The van der Waals surface area contributed by atoms with Crippen LogP contribution in [-0.4, -0.2) is 19.0 Å². The van der Waals surface area contributed by atoms with Crippen molar-refractivity contribution in [3.63, 3.8) is 0 Å². The molecule has 1 heterocycles. The van der Waals surface area contributed by atoms with Gasteiger partial charge in [0.25, 0.3) is 5.92 Å². The van der Waals surface area contributed by atoms with Crippen LogP contribution >= 0.6 is 15.9 Å². The molecule has 1 saturated heterocycles. The van der Waals surface area contributed by atoms with Crippen molar-refractivity contribution in [2.45, 2.75) is 12.1 Å². The summed E-state index contributed by atoms with van der Waals surface area (Å²) in [4.78, 5) is 1.32. The summed E-state index contributed by atoms with van der Waals surface area (Å²) in [6.07, 6.45) is -4.45. The van der Waals surface area contributed by atoms with Crippen LogP contribution in [0.3, 0.4) is 0 Å². The van der Waals surface area contributed by atoms with E-state index in [1.54, 1.807) is 0 Å². The molecule has 0 unspecified atom stereocenters. The molecule has 0 N–H and O–H groups in total. The monoisotopic (exact) mass is 315 g/mol. The number of alkyl halides is 5. The van der Waals surface area contributed by atoms with Gasteiger partial charge in [0.1, 0.15) is 0 Å². The van der Waals surface area contributed by atoms with E-state index in [-0.39, 0.29) is 4.47 Å². The molecule has 0 spiro atoms. The van der Waals surface area contributed by atoms with Gasteiger partial charge in [-0.1, -0.05) is 15.9 Å². The molecule has 2 rings (SSSR count). The minimum absolute atomic E-state index is 0.141. The van der Waals surface area contributed by atoms with Gasteiger partial charge in [-0.3, -0.25) is 0 Å². The first-order valence-corrected chi connectivity index (χ1v) is 5.48. The minimum atomic E-state index is -4.45. The lowest BCUT2D eigenvalue weighted by atomic mass is 10.1. The minimum Gasteiger partial charge on any atom is -0.359 e. The SMILES string of the molecule is FC1(F)CN(c2ccc(C(F)(F)F)c(Br)c2)C1. The van der Waals surface area contributed by atoms with Gasteiger partial charge in [0, 0.05) is 10.2 Å². The van der Waals surface area contributed by atoms with E-state index in [1.165, 1.54) is 17.0 Å². The third-order valence-corrected chi connectivity index (χ3v) is 3.12. The van der Waals surface area contributed by atoms with Crippen LogP contribution in [0, 0.1) is 0 Å². The van der Waals surface area contributed by atoms with Crippen LogP contribution < -0.4 is 4.90 Å². The molecule has 7 heteroatoms. The van der Waals surface area contributed by atoms with Crippen LogP contribution in [-0.2, 0) is 6.18 Å². The summed E-state index contributed by atoms with van der Waals surface area (Å²) in [5.41, 5.74) is -0.454. The highest BCUT2D eigenvalue weighted by molar-refractivity contribution is 9.10. The van der Waals surface area contributed by atoms with Crippen LogP contribution in [0.25, 0.3) is 0 Å². The zero-order valence-electron chi connectivity index (χ0n) is 8.36. The third kappa shape index (κ3) is 2.53. The zero-order chi connectivity index (χ0) is 12.8. The molecular formula is C10H7BrF5N. The Balaban J connectivity index is 2.21. The van der Waals surface area contributed by atoms with Crippen LogP contribution in [0.1, 0.15) is 5.56 Å². The van der Waals surface area contributed by atoms with Gasteiger partial charge >= 0.3 is 6.18 Å². The van der Waals surface area contributed by atoms with E-state index in [2.05, 4.69) is 15.9 Å². The number of anilines is 1. The van der Waals surface area contributed by atoms with Gasteiger partial charge in [-0.25, -0.2) is 8.78 Å². The number of hydrogen-bond donors (Lipinski definition) is 0. The molecule has 1 fully saturated rings. The van der Waals surface area contributed by atoms with Crippen molar-refractivity contribution in [1.82, 2.24) is 0 Å². The molecule has 0 bridgehead atoms. The predicted molar refractivity (Wildman–Crippen MR) is 56.3 cm³/mol. The van der Waals surface area contributed by atoms with Crippen LogP contribution in [0.15, 0.2) is 22.7 Å². The molecule has 0 aromatic heterocycles. The van der Waals surface area contributed by atoms with E-state index in [9.17, 15) is 22.0 Å². The van der Waals surface area contributed by atoms with Gasteiger partial charge in [0.05, 0.1) is 18.7 Å². The fourth-order valence-electron chi connectivity index (χ4n) is 1.63. The largest absolute Gasteiger partial charge is 0.417 e. The van der Waals surface area contributed by atoms with Crippen molar-refractivity contribution in [1.29, 1.82) is 0 Å². The van der Waals surface area contributed by atoms with E-state index in [4.69, 9.17) is 0 Å².